The molecular weight excluding hydrogens is 406 g/mol. The van der Waals surface area contributed by atoms with Gasteiger partial charge in [-0.3, -0.25) is 0 Å². The van der Waals surface area contributed by atoms with Crippen molar-refractivity contribution in [2.24, 2.45) is 0 Å². The van der Waals surface area contributed by atoms with E-state index in [1.807, 2.05) is 11.3 Å². The molecule has 0 N–H and O–H groups in total. The minimum absolute atomic E-state index is 1.08. The Kier molecular flexibility index (Phi) is 4.86. The zero-order chi connectivity index (χ0) is 21.3. The van der Waals surface area contributed by atoms with Crippen LogP contribution in [0.2, 0.25) is 0 Å². The summed E-state index contributed by atoms with van der Waals surface area (Å²) in [5.74, 6) is 0. The van der Waals surface area contributed by atoms with E-state index in [-0.39, 0.29) is 0 Å². The highest BCUT2D eigenvalue weighted by Gasteiger charge is 2.15. The summed E-state index contributed by atoms with van der Waals surface area (Å²) in [4.78, 5) is 2.36. The fourth-order valence-corrected chi connectivity index (χ4v) is 5.61. The monoisotopic (exact) mass is 429 g/mol. The molecule has 0 radical (unpaired) electrons. The average molecular weight is 430 g/mol. The molecule has 5 aromatic rings. The molecule has 0 atom stereocenters. The molecule has 0 saturated carbocycles. The predicted octanol–water partition coefficient (Wildman–Crippen LogP) is 9.09. The highest BCUT2D eigenvalue weighted by Crippen LogP contribution is 2.38. The molecule has 2 heteroatoms. The molecule has 154 valence electrons. The molecule has 0 fully saturated rings. The third-order valence-electron chi connectivity index (χ3n) is 6.06. The number of fused-ring (bicyclic) bond motifs is 3. The van der Waals surface area contributed by atoms with Crippen LogP contribution < -0.4 is 4.90 Å². The normalized spacial score (nSPS) is 13.4. The van der Waals surface area contributed by atoms with Crippen molar-refractivity contribution in [1.82, 2.24) is 0 Å². The lowest BCUT2D eigenvalue weighted by atomic mass is 10.0. The second-order valence-corrected chi connectivity index (χ2v) is 9.22. The van der Waals surface area contributed by atoms with Crippen LogP contribution in [-0.4, -0.2) is 0 Å². The molecule has 4 aromatic carbocycles. The summed E-state index contributed by atoms with van der Waals surface area (Å²) >= 11 is 1.87. The van der Waals surface area contributed by atoms with Crippen LogP contribution in [0.4, 0.5) is 11.4 Å². The lowest BCUT2D eigenvalue weighted by molar-refractivity contribution is 0.997. The molecule has 0 bridgehead atoms. The van der Waals surface area contributed by atoms with E-state index in [1.165, 1.54) is 48.4 Å². The van der Waals surface area contributed by atoms with E-state index in [4.69, 9.17) is 0 Å². The van der Waals surface area contributed by atoms with Gasteiger partial charge in [0.25, 0.3) is 0 Å². The topological polar surface area (TPSA) is 3.24 Å². The average Bonchev–Trinajstić information content (AvgIpc) is 3.24. The Morgan fingerprint density at radius 2 is 1.38 bits per heavy atom. The minimum atomic E-state index is 1.08. The quantitative estimate of drug-likeness (QED) is 0.275. The standard InChI is InChI=1S/C30H23NS/c1-3-11-24(12-4-1)31(25-13-5-2-6-14-25)26-15-9-10-22(20-26)23-18-19-30-28(21-23)27-16-7-8-17-29(27)32-30/h1,3-5,7-21H,2,6H2. The maximum Gasteiger partial charge on any atom is 0.0467 e. The van der Waals surface area contributed by atoms with E-state index in [0.29, 0.717) is 0 Å². The molecule has 1 aromatic heterocycles. The molecular formula is C30H23NS. The summed E-state index contributed by atoms with van der Waals surface area (Å²) in [7, 11) is 0. The van der Waals surface area contributed by atoms with Crippen LogP contribution in [0.5, 0.6) is 0 Å². The summed E-state index contributed by atoms with van der Waals surface area (Å²) < 4.78 is 2.69. The second kappa shape index (κ2) is 8.14. The number of benzene rings is 4. The highest BCUT2D eigenvalue weighted by molar-refractivity contribution is 7.25. The zero-order valence-corrected chi connectivity index (χ0v) is 18.6. The number of anilines is 2. The van der Waals surface area contributed by atoms with Crippen molar-refractivity contribution in [2.45, 2.75) is 12.8 Å². The van der Waals surface area contributed by atoms with E-state index in [1.54, 1.807) is 0 Å². The molecule has 0 unspecified atom stereocenters. The number of rotatable bonds is 4. The molecule has 1 heterocycles. The zero-order valence-electron chi connectivity index (χ0n) is 17.7. The maximum absolute atomic E-state index is 2.36. The lowest BCUT2D eigenvalue weighted by Gasteiger charge is -2.28. The Morgan fingerprint density at radius 3 is 2.25 bits per heavy atom. The minimum Gasteiger partial charge on any atom is -0.311 e. The van der Waals surface area contributed by atoms with Crippen molar-refractivity contribution >= 4 is 42.9 Å². The number of allylic oxidation sites excluding steroid dienone is 3. The van der Waals surface area contributed by atoms with Gasteiger partial charge in [-0.25, -0.2) is 0 Å². The van der Waals surface area contributed by atoms with Gasteiger partial charge in [0.2, 0.25) is 0 Å². The van der Waals surface area contributed by atoms with E-state index in [2.05, 4.69) is 120 Å². The van der Waals surface area contributed by atoms with Gasteiger partial charge in [0.1, 0.15) is 0 Å². The fourth-order valence-electron chi connectivity index (χ4n) is 4.52. The Hall–Kier alpha value is -3.62. The van der Waals surface area contributed by atoms with Gasteiger partial charge in [-0.1, -0.05) is 66.7 Å². The van der Waals surface area contributed by atoms with Gasteiger partial charge in [0.05, 0.1) is 0 Å². The number of hydrogen-bond acceptors (Lipinski definition) is 2. The molecule has 0 saturated heterocycles. The van der Waals surface area contributed by atoms with Crippen LogP contribution in [0.1, 0.15) is 12.8 Å². The van der Waals surface area contributed by atoms with Crippen LogP contribution in [0.3, 0.4) is 0 Å². The summed E-state index contributed by atoms with van der Waals surface area (Å²) in [6.45, 7) is 0. The van der Waals surface area contributed by atoms with Crippen LogP contribution in [0.25, 0.3) is 31.3 Å². The Bertz CT molecular complexity index is 1470. The van der Waals surface area contributed by atoms with Crippen LogP contribution in [0, 0.1) is 0 Å². The third-order valence-corrected chi connectivity index (χ3v) is 7.21. The van der Waals surface area contributed by atoms with Crippen LogP contribution in [-0.2, 0) is 0 Å². The summed E-state index contributed by atoms with van der Waals surface area (Å²) in [6, 6.07) is 35.1. The molecule has 0 aliphatic heterocycles. The van der Waals surface area contributed by atoms with E-state index in [0.717, 1.165) is 12.8 Å². The number of hydrogen-bond donors (Lipinski definition) is 0. The lowest BCUT2D eigenvalue weighted by Crippen LogP contribution is -2.16. The van der Waals surface area contributed by atoms with Crippen molar-refractivity contribution in [3.05, 3.63) is 121 Å². The molecule has 0 spiro atoms. The highest BCUT2D eigenvalue weighted by atomic mass is 32.1. The van der Waals surface area contributed by atoms with Crippen molar-refractivity contribution in [3.63, 3.8) is 0 Å². The van der Waals surface area contributed by atoms with Gasteiger partial charge in [-0.2, -0.15) is 0 Å². The number of para-hydroxylation sites is 1. The van der Waals surface area contributed by atoms with Gasteiger partial charge in [0.15, 0.2) is 0 Å². The van der Waals surface area contributed by atoms with Crippen LogP contribution in [0.15, 0.2) is 121 Å². The maximum atomic E-state index is 2.36. The Morgan fingerprint density at radius 1 is 0.594 bits per heavy atom. The summed E-state index contributed by atoms with van der Waals surface area (Å²) in [5.41, 5.74) is 6.09. The fraction of sp³-hybridized carbons (Fsp3) is 0.0667. The third kappa shape index (κ3) is 3.43. The summed E-state index contributed by atoms with van der Waals surface area (Å²) in [6.07, 6.45) is 9.04. The first-order valence-electron chi connectivity index (χ1n) is 11.1. The predicted molar refractivity (Wildman–Crippen MR) is 140 cm³/mol. The van der Waals surface area contributed by atoms with Crippen molar-refractivity contribution in [3.8, 4) is 11.1 Å². The largest absolute Gasteiger partial charge is 0.311 e. The van der Waals surface area contributed by atoms with Gasteiger partial charge >= 0.3 is 0 Å². The Labute approximate surface area is 192 Å². The second-order valence-electron chi connectivity index (χ2n) is 8.14. The van der Waals surface area contributed by atoms with Crippen molar-refractivity contribution in [2.75, 3.05) is 4.90 Å². The van der Waals surface area contributed by atoms with E-state index in [9.17, 15) is 0 Å². The molecule has 32 heavy (non-hydrogen) atoms. The SMILES string of the molecule is C1=CC(N(c2ccccc2)c2cccc(-c3ccc4sc5ccccc5c4c3)c2)=CCC1. The van der Waals surface area contributed by atoms with Gasteiger partial charge in [-0.15, -0.1) is 11.3 Å². The molecule has 0 amide bonds. The van der Waals surface area contributed by atoms with Crippen LogP contribution >= 0.6 is 11.3 Å². The van der Waals surface area contributed by atoms with Crippen molar-refractivity contribution in [1.29, 1.82) is 0 Å². The molecule has 6 rings (SSSR count). The van der Waals surface area contributed by atoms with Crippen molar-refractivity contribution < 1.29 is 0 Å². The first kappa shape index (κ1) is 19.1. The number of nitrogens with zero attached hydrogens (tertiary/aromatic N) is 1. The first-order chi connectivity index (χ1) is 15.9. The van der Waals surface area contributed by atoms with Gasteiger partial charge in [-0.05, 0) is 72.5 Å². The smallest absolute Gasteiger partial charge is 0.0467 e. The molecule has 1 aliphatic carbocycles. The molecule has 1 nitrogen and oxygen atoms in total. The summed E-state index contributed by atoms with van der Waals surface area (Å²) in [5, 5.41) is 2.68. The number of thiophene rings is 1. The first-order valence-corrected chi connectivity index (χ1v) is 11.9. The van der Waals surface area contributed by atoms with Gasteiger partial charge < -0.3 is 4.90 Å². The Balaban J connectivity index is 1.47. The van der Waals surface area contributed by atoms with Gasteiger partial charge in [0, 0.05) is 37.2 Å². The molecule has 1 aliphatic rings. The van der Waals surface area contributed by atoms with E-state index >= 15 is 0 Å². The van der Waals surface area contributed by atoms with E-state index < -0.39 is 0 Å².